The van der Waals surface area contributed by atoms with E-state index in [2.05, 4.69) is 34.8 Å². The summed E-state index contributed by atoms with van der Waals surface area (Å²) in [4.78, 5) is 12.5. The van der Waals surface area contributed by atoms with Crippen LogP contribution in [-0.2, 0) is 16.6 Å². The molecule has 0 radical (unpaired) electrons. The van der Waals surface area contributed by atoms with Crippen molar-refractivity contribution >= 4 is 44.2 Å². The summed E-state index contributed by atoms with van der Waals surface area (Å²) in [6.07, 6.45) is 1.20. The van der Waals surface area contributed by atoms with Crippen molar-refractivity contribution in [2.45, 2.75) is 19.4 Å². The van der Waals surface area contributed by atoms with E-state index in [9.17, 15) is 13.2 Å². The Kier molecular flexibility index (Phi) is 7.72. The summed E-state index contributed by atoms with van der Waals surface area (Å²) < 4.78 is 27.0. The van der Waals surface area contributed by atoms with Gasteiger partial charge in [0, 0.05) is 15.7 Å². The van der Waals surface area contributed by atoms with Crippen molar-refractivity contribution in [3.05, 3.63) is 99.1 Å². The molecule has 0 fully saturated rings. The number of benzene rings is 3. The first-order valence-electron chi connectivity index (χ1n) is 9.89. The van der Waals surface area contributed by atoms with Gasteiger partial charge in [-0.2, -0.15) is 0 Å². The number of carbonyl (C=O) groups excluding carboxylic acids is 1. The van der Waals surface area contributed by atoms with E-state index in [1.165, 1.54) is 16.1 Å². The summed E-state index contributed by atoms with van der Waals surface area (Å²) in [5.41, 5.74) is 3.14. The van der Waals surface area contributed by atoms with Gasteiger partial charge in [0.05, 0.1) is 18.5 Å². The number of amides is 1. The van der Waals surface area contributed by atoms with Gasteiger partial charge in [0.1, 0.15) is 0 Å². The van der Waals surface area contributed by atoms with Crippen LogP contribution in [0.1, 0.15) is 34.3 Å². The predicted molar refractivity (Wildman–Crippen MR) is 134 cm³/mol. The zero-order valence-electron chi connectivity index (χ0n) is 17.5. The molecule has 0 aliphatic carbocycles. The molecule has 0 saturated carbocycles. The van der Waals surface area contributed by atoms with Crippen LogP contribution in [0.2, 0.25) is 0 Å². The van der Waals surface area contributed by atoms with Gasteiger partial charge in [-0.3, -0.25) is 9.10 Å². The van der Waals surface area contributed by atoms with Crippen molar-refractivity contribution < 1.29 is 13.2 Å². The highest BCUT2D eigenvalue weighted by molar-refractivity contribution is 14.1. The molecule has 7 heteroatoms. The van der Waals surface area contributed by atoms with Gasteiger partial charge in [-0.25, -0.2) is 8.42 Å². The van der Waals surface area contributed by atoms with E-state index in [0.29, 0.717) is 17.8 Å². The molecular formula is C24H25IN2O3S. The van der Waals surface area contributed by atoms with Crippen LogP contribution in [0.25, 0.3) is 0 Å². The summed E-state index contributed by atoms with van der Waals surface area (Å²) in [6, 6.07) is 24.4. The lowest BCUT2D eigenvalue weighted by Crippen LogP contribution is -2.29. The molecule has 0 saturated heterocycles. The predicted octanol–water partition coefficient (Wildman–Crippen LogP) is 4.79. The number of sulfonamides is 1. The summed E-state index contributed by atoms with van der Waals surface area (Å²) in [7, 11) is -3.45. The molecule has 0 heterocycles. The topological polar surface area (TPSA) is 66.5 Å². The first-order valence-corrected chi connectivity index (χ1v) is 12.8. The van der Waals surface area contributed by atoms with Gasteiger partial charge in [-0.05, 0) is 76.0 Å². The van der Waals surface area contributed by atoms with Gasteiger partial charge in [-0.15, -0.1) is 0 Å². The molecule has 3 aromatic carbocycles. The van der Waals surface area contributed by atoms with Crippen LogP contribution in [0.5, 0.6) is 0 Å². The van der Waals surface area contributed by atoms with E-state index in [0.717, 1.165) is 9.13 Å². The summed E-state index contributed by atoms with van der Waals surface area (Å²) in [6.45, 7) is 2.81. The molecule has 0 aliphatic rings. The summed E-state index contributed by atoms with van der Waals surface area (Å²) in [5, 5.41) is 2.97. The van der Waals surface area contributed by atoms with Gasteiger partial charge in [0.15, 0.2) is 0 Å². The van der Waals surface area contributed by atoms with Crippen LogP contribution in [0.4, 0.5) is 5.69 Å². The molecule has 0 bridgehead atoms. The Bertz CT molecular complexity index is 1120. The van der Waals surface area contributed by atoms with Gasteiger partial charge < -0.3 is 5.32 Å². The second-order valence-corrected chi connectivity index (χ2v) is 10.6. The maximum Gasteiger partial charge on any atom is 0.251 e. The van der Waals surface area contributed by atoms with Gasteiger partial charge in [-0.1, -0.05) is 49.4 Å². The monoisotopic (exact) mass is 548 g/mol. The van der Waals surface area contributed by atoms with E-state index >= 15 is 0 Å². The molecule has 0 spiro atoms. The fourth-order valence-electron chi connectivity index (χ4n) is 3.18. The smallest absolute Gasteiger partial charge is 0.251 e. The second-order valence-electron chi connectivity index (χ2n) is 7.46. The minimum Gasteiger partial charge on any atom is -0.351 e. The van der Waals surface area contributed by atoms with E-state index < -0.39 is 10.0 Å². The summed E-state index contributed by atoms with van der Waals surface area (Å²) in [5.74, 6) is 0.0635. The SMILES string of the molecule is C[C@H](CNC(=O)c1ccc(CN(c2ccc(I)cc2)S(C)(=O)=O)cc1)c1ccccc1. The van der Waals surface area contributed by atoms with Crippen molar-refractivity contribution in [1.29, 1.82) is 0 Å². The van der Waals surface area contributed by atoms with E-state index in [4.69, 9.17) is 0 Å². The van der Waals surface area contributed by atoms with Crippen molar-refractivity contribution in [2.75, 3.05) is 17.1 Å². The van der Waals surface area contributed by atoms with Crippen molar-refractivity contribution in [3.8, 4) is 0 Å². The quantitative estimate of drug-likeness (QED) is 0.412. The Labute approximate surface area is 197 Å². The zero-order valence-corrected chi connectivity index (χ0v) is 20.4. The van der Waals surface area contributed by atoms with Crippen LogP contribution in [0.15, 0.2) is 78.9 Å². The third-order valence-corrected chi connectivity index (χ3v) is 6.85. The largest absolute Gasteiger partial charge is 0.351 e. The Morgan fingerprint density at radius 2 is 1.58 bits per heavy atom. The van der Waals surface area contributed by atoms with E-state index in [1.807, 2.05) is 42.5 Å². The molecule has 5 nitrogen and oxygen atoms in total. The molecule has 1 N–H and O–H groups in total. The minimum atomic E-state index is -3.45. The molecule has 0 aliphatic heterocycles. The number of nitrogens with zero attached hydrogens (tertiary/aromatic N) is 1. The van der Waals surface area contributed by atoms with Crippen molar-refractivity contribution in [1.82, 2.24) is 5.32 Å². The third-order valence-electron chi connectivity index (χ3n) is 4.99. The number of rotatable bonds is 8. The Balaban J connectivity index is 1.65. The highest BCUT2D eigenvalue weighted by atomic mass is 127. The first-order chi connectivity index (χ1) is 14.7. The fraction of sp³-hybridized carbons (Fsp3) is 0.208. The average Bonchev–Trinajstić information content (AvgIpc) is 2.76. The number of anilines is 1. The molecule has 31 heavy (non-hydrogen) atoms. The molecule has 1 atom stereocenters. The van der Waals surface area contributed by atoms with Crippen LogP contribution < -0.4 is 9.62 Å². The van der Waals surface area contributed by atoms with Crippen molar-refractivity contribution in [3.63, 3.8) is 0 Å². The number of carbonyl (C=O) groups is 1. The lowest BCUT2D eigenvalue weighted by atomic mass is 10.0. The molecule has 3 rings (SSSR count). The lowest BCUT2D eigenvalue weighted by Gasteiger charge is -2.22. The Morgan fingerprint density at radius 1 is 0.968 bits per heavy atom. The number of nitrogens with one attached hydrogen (secondary N) is 1. The van der Waals surface area contributed by atoms with Crippen LogP contribution >= 0.6 is 22.6 Å². The first kappa shape index (κ1) is 23.3. The highest BCUT2D eigenvalue weighted by Crippen LogP contribution is 2.22. The molecule has 1 amide bonds. The van der Waals surface area contributed by atoms with Crippen LogP contribution in [0.3, 0.4) is 0 Å². The average molecular weight is 548 g/mol. The normalized spacial score (nSPS) is 12.2. The van der Waals surface area contributed by atoms with E-state index in [1.54, 1.807) is 36.4 Å². The number of hydrogen-bond donors (Lipinski definition) is 1. The molecule has 162 valence electrons. The Morgan fingerprint density at radius 3 is 2.16 bits per heavy atom. The van der Waals surface area contributed by atoms with Crippen molar-refractivity contribution in [2.24, 2.45) is 0 Å². The third kappa shape index (κ3) is 6.54. The zero-order chi connectivity index (χ0) is 22.4. The summed E-state index contributed by atoms with van der Waals surface area (Å²) >= 11 is 2.18. The fourth-order valence-corrected chi connectivity index (χ4v) is 4.43. The number of halogens is 1. The lowest BCUT2D eigenvalue weighted by molar-refractivity contribution is 0.0951. The van der Waals surface area contributed by atoms with Gasteiger partial charge in [0.2, 0.25) is 10.0 Å². The number of hydrogen-bond acceptors (Lipinski definition) is 3. The highest BCUT2D eigenvalue weighted by Gasteiger charge is 2.18. The van der Waals surface area contributed by atoms with Crippen LogP contribution in [-0.4, -0.2) is 27.1 Å². The molecule has 0 aromatic heterocycles. The van der Waals surface area contributed by atoms with Crippen LogP contribution in [0, 0.1) is 3.57 Å². The Hall–Kier alpha value is -2.39. The standard InChI is InChI=1S/C24H25IN2O3S/c1-18(20-6-4-3-5-7-20)16-26-24(28)21-10-8-19(9-11-21)17-27(31(2,29)30)23-14-12-22(25)13-15-23/h3-15,18H,16-17H2,1-2H3,(H,26,28)/t18-/m1/s1. The molecular weight excluding hydrogens is 523 g/mol. The maximum atomic E-state index is 12.5. The second kappa shape index (κ2) is 10.3. The van der Waals surface area contributed by atoms with Gasteiger partial charge in [0.25, 0.3) is 5.91 Å². The molecule has 3 aromatic rings. The van der Waals surface area contributed by atoms with Gasteiger partial charge >= 0.3 is 0 Å². The maximum absolute atomic E-state index is 12.5. The molecule has 0 unspecified atom stereocenters. The van der Waals surface area contributed by atoms with E-state index in [-0.39, 0.29) is 18.4 Å². The minimum absolute atomic E-state index is 0.146.